The maximum atomic E-state index is 9.15. The molecule has 0 saturated heterocycles. The van der Waals surface area contributed by atoms with Crippen LogP contribution in [0.2, 0.25) is 0 Å². The number of hydrogen-bond donors (Lipinski definition) is 0. The fourth-order valence-electron chi connectivity index (χ4n) is 2.31. The lowest BCUT2D eigenvalue weighted by molar-refractivity contribution is 1.23. The van der Waals surface area contributed by atoms with Gasteiger partial charge in [-0.15, -0.1) is 0 Å². The van der Waals surface area contributed by atoms with Crippen LogP contribution in [0.4, 0.5) is 5.69 Å². The molecule has 2 aromatic carbocycles. The van der Waals surface area contributed by atoms with Gasteiger partial charge in [-0.1, -0.05) is 60.7 Å². The largest absolute Gasteiger partial charge is 0.246 e. The van der Waals surface area contributed by atoms with Gasteiger partial charge in [-0.3, -0.25) is 0 Å². The van der Waals surface area contributed by atoms with E-state index in [9.17, 15) is 0 Å². The molecular weight excluding hydrogens is 296 g/mol. The van der Waals surface area contributed by atoms with Crippen molar-refractivity contribution < 1.29 is 0 Å². The van der Waals surface area contributed by atoms with E-state index in [-0.39, 0.29) is 11.3 Å². The molecule has 3 rings (SSSR count). The standard InChI is InChI=1S/C20H12N4/c21-12-17-11-18(14-23-19(17)13-22)24-20(15-7-3-1-4-8-15)16-9-5-2-6-10-16/h1-11,14H. The van der Waals surface area contributed by atoms with Crippen molar-refractivity contribution in [2.24, 2.45) is 4.99 Å². The van der Waals surface area contributed by atoms with Gasteiger partial charge in [0.25, 0.3) is 0 Å². The third-order valence-electron chi connectivity index (χ3n) is 3.43. The molecule has 4 nitrogen and oxygen atoms in total. The summed E-state index contributed by atoms with van der Waals surface area (Å²) in [4.78, 5) is 8.69. The minimum absolute atomic E-state index is 0.109. The van der Waals surface area contributed by atoms with Crippen LogP contribution in [0.25, 0.3) is 0 Å². The van der Waals surface area contributed by atoms with Crippen LogP contribution in [-0.2, 0) is 0 Å². The first-order chi connectivity index (χ1) is 11.8. The van der Waals surface area contributed by atoms with Crippen molar-refractivity contribution in [2.75, 3.05) is 0 Å². The van der Waals surface area contributed by atoms with E-state index < -0.39 is 0 Å². The number of hydrogen-bond acceptors (Lipinski definition) is 4. The van der Waals surface area contributed by atoms with Crippen LogP contribution < -0.4 is 0 Å². The summed E-state index contributed by atoms with van der Waals surface area (Å²) in [6, 6.07) is 25.1. The Hall–Kier alpha value is -3.76. The van der Waals surface area contributed by atoms with Crippen LogP contribution in [0, 0.1) is 22.7 Å². The Balaban J connectivity index is 2.15. The van der Waals surface area contributed by atoms with Gasteiger partial charge in [0.1, 0.15) is 12.1 Å². The summed E-state index contributed by atoms with van der Waals surface area (Å²) < 4.78 is 0. The molecule has 0 unspecified atom stereocenters. The van der Waals surface area contributed by atoms with Crippen LogP contribution in [0.3, 0.4) is 0 Å². The Morgan fingerprint density at radius 3 is 1.92 bits per heavy atom. The lowest BCUT2D eigenvalue weighted by Gasteiger charge is -2.07. The quantitative estimate of drug-likeness (QED) is 0.687. The lowest BCUT2D eigenvalue weighted by atomic mass is 10.0. The smallest absolute Gasteiger partial charge is 0.158 e. The number of pyridine rings is 1. The normalized spacial score (nSPS) is 9.58. The molecule has 0 amide bonds. The second-order valence-electron chi connectivity index (χ2n) is 5.01. The van der Waals surface area contributed by atoms with Gasteiger partial charge >= 0.3 is 0 Å². The SMILES string of the molecule is N#Cc1cc(N=C(c2ccccc2)c2ccccc2)cnc1C#N. The van der Waals surface area contributed by atoms with E-state index in [4.69, 9.17) is 10.5 Å². The zero-order chi connectivity index (χ0) is 16.8. The molecule has 0 spiro atoms. The Bertz CT molecular complexity index is 921. The average molecular weight is 308 g/mol. The molecule has 0 fully saturated rings. The van der Waals surface area contributed by atoms with Crippen molar-refractivity contribution in [1.82, 2.24) is 4.98 Å². The van der Waals surface area contributed by atoms with Gasteiger partial charge in [0.15, 0.2) is 5.69 Å². The summed E-state index contributed by atoms with van der Waals surface area (Å²) in [5.41, 5.74) is 3.58. The fraction of sp³-hybridized carbons (Fsp3) is 0. The first-order valence-corrected chi connectivity index (χ1v) is 7.31. The zero-order valence-corrected chi connectivity index (χ0v) is 12.7. The number of rotatable bonds is 3. The van der Waals surface area contributed by atoms with Crippen LogP contribution >= 0.6 is 0 Å². The molecule has 0 aliphatic rings. The lowest BCUT2D eigenvalue weighted by Crippen LogP contribution is -2.02. The summed E-state index contributed by atoms with van der Waals surface area (Å²) in [5.74, 6) is 0. The summed E-state index contributed by atoms with van der Waals surface area (Å²) in [6.45, 7) is 0. The van der Waals surface area contributed by atoms with Crippen LogP contribution in [0.15, 0.2) is 77.9 Å². The van der Waals surface area contributed by atoms with Crippen molar-refractivity contribution in [3.05, 3.63) is 95.3 Å². The predicted octanol–water partition coefficient (Wildman–Crippen LogP) is 3.99. The number of nitrogens with zero attached hydrogens (tertiary/aromatic N) is 4. The van der Waals surface area contributed by atoms with Gasteiger partial charge in [0.2, 0.25) is 0 Å². The van der Waals surface area contributed by atoms with Gasteiger partial charge in [-0.2, -0.15) is 10.5 Å². The summed E-state index contributed by atoms with van der Waals surface area (Å²) in [6.07, 6.45) is 1.51. The van der Waals surface area contributed by atoms with Gasteiger partial charge in [-0.05, 0) is 6.07 Å². The van der Waals surface area contributed by atoms with Crippen LogP contribution in [0.5, 0.6) is 0 Å². The number of aromatic nitrogens is 1. The maximum absolute atomic E-state index is 9.15. The highest BCUT2D eigenvalue weighted by atomic mass is 14.8. The highest BCUT2D eigenvalue weighted by Gasteiger charge is 2.09. The highest BCUT2D eigenvalue weighted by Crippen LogP contribution is 2.19. The second-order valence-corrected chi connectivity index (χ2v) is 5.01. The van der Waals surface area contributed by atoms with Gasteiger partial charge in [0, 0.05) is 11.1 Å². The molecule has 24 heavy (non-hydrogen) atoms. The number of benzene rings is 2. The van der Waals surface area contributed by atoms with Gasteiger partial charge in [0.05, 0.1) is 23.2 Å². The molecule has 0 atom stereocenters. The first-order valence-electron chi connectivity index (χ1n) is 7.31. The Morgan fingerprint density at radius 2 is 1.42 bits per heavy atom. The van der Waals surface area contributed by atoms with Crippen molar-refractivity contribution in [3.63, 3.8) is 0 Å². The molecule has 0 aliphatic carbocycles. The first kappa shape index (κ1) is 15.1. The molecule has 0 N–H and O–H groups in total. The van der Waals surface area contributed by atoms with E-state index in [1.165, 1.54) is 6.20 Å². The molecule has 3 aromatic rings. The van der Waals surface area contributed by atoms with E-state index >= 15 is 0 Å². The molecule has 1 heterocycles. The predicted molar refractivity (Wildman–Crippen MR) is 91.9 cm³/mol. The van der Waals surface area contributed by atoms with Crippen molar-refractivity contribution in [3.8, 4) is 12.1 Å². The molecular formula is C20H12N4. The molecule has 1 aromatic heterocycles. The summed E-state index contributed by atoms with van der Waals surface area (Å²) in [7, 11) is 0. The third-order valence-corrected chi connectivity index (χ3v) is 3.43. The molecule has 0 aliphatic heterocycles. The minimum Gasteiger partial charge on any atom is -0.246 e. The number of nitriles is 2. The maximum Gasteiger partial charge on any atom is 0.158 e. The monoisotopic (exact) mass is 308 g/mol. The minimum atomic E-state index is 0.109. The zero-order valence-electron chi connectivity index (χ0n) is 12.7. The topological polar surface area (TPSA) is 72.8 Å². The Morgan fingerprint density at radius 1 is 0.833 bits per heavy atom. The van der Waals surface area contributed by atoms with E-state index in [1.807, 2.05) is 72.8 Å². The summed E-state index contributed by atoms with van der Waals surface area (Å²) in [5, 5.41) is 18.1. The highest BCUT2D eigenvalue weighted by molar-refractivity contribution is 6.13. The van der Waals surface area contributed by atoms with E-state index in [0.29, 0.717) is 5.69 Å². The Kier molecular flexibility index (Phi) is 4.42. The third kappa shape index (κ3) is 3.19. The molecule has 0 bridgehead atoms. The van der Waals surface area contributed by atoms with Gasteiger partial charge in [-0.25, -0.2) is 9.98 Å². The second kappa shape index (κ2) is 7.00. The van der Waals surface area contributed by atoms with Crippen LogP contribution in [0.1, 0.15) is 22.4 Å². The molecule has 4 heteroatoms. The number of aliphatic imine (C=N–C) groups is 1. The Labute approximate surface area is 140 Å². The van der Waals surface area contributed by atoms with Crippen LogP contribution in [-0.4, -0.2) is 10.7 Å². The van der Waals surface area contributed by atoms with Gasteiger partial charge < -0.3 is 0 Å². The molecule has 0 saturated carbocycles. The van der Waals surface area contributed by atoms with E-state index in [1.54, 1.807) is 6.07 Å². The molecule has 0 radical (unpaired) electrons. The van der Waals surface area contributed by atoms with E-state index in [0.717, 1.165) is 16.8 Å². The average Bonchev–Trinajstić information content (AvgIpc) is 2.67. The van der Waals surface area contributed by atoms with Crippen molar-refractivity contribution in [2.45, 2.75) is 0 Å². The van der Waals surface area contributed by atoms with Crippen molar-refractivity contribution >= 4 is 11.4 Å². The van der Waals surface area contributed by atoms with E-state index in [2.05, 4.69) is 9.98 Å². The van der Waals surface area contributed by atoms with Crippen molar-refractivity contribution in [1.29, 1.82) is 10.5 Å². The fourth-order valence-corrected chi connectivity index (χ4v) is 2.31. The summed E-state index contributed by atoms with van der Waals surface area (Å²) >= 11 is 0. The molecule has 112 valence electrons.